The van der Waals surface area contributed by atoms with E-state index in [9.17, 15) is 4.39 Å². The fourth-order valence-corrected chi connectivity index (χ4v) is 2.84. The van der Waals surface area contributed by atoms with Gasteiger partial charge in [0.05, 0.1) is 0 Å². The van der Waals surface area contributed by atoms with Crippen molar-refractivity contribution in [2.45, 2.75) is 39.0 Å². The summed E-state index contributed by atoms with van der Waals surface area (Å²) in [5.41, 5.74) is 1.98. The second-order valence-electron chi connectivity index (χ2n) is 5.32. The van der Waals surface area contributed by atoms with Crippen LogP contribution >= 0.6 is 0 Å². The van der Waals surface area contributed by atoms with Crippen LogP contribution < -0.4 is 4.74 Å². The van der Waals surface area contributed by atoms with E-state index in [0.717, 1.165) is 36.8 Å². The molecule has 1 aromatic carbocycles. The van der Waals surface area contributed by atoms with Gasteiger partial charge >= 0.3 is 0 Å². The molecule has 1 unspecified atom stereocenters. The normalized spacial score (nSPS) is 18.2. The number of fused-ring (bicyclic) bond motifs is 1. The van der Waals surface area contributed by atoms with Crippen LogP contribution in [0.5, 0.6) is 5.75 Å². The Hall–Kier alpha value is -1.35. The molecule has 0 N–H and O–H groups in total. The molecule has 0 fully saturated rings. The highest BCUT2D eigenvalue weighted by molar-refractivity contribution is 5.39. The van der Waals surface area contributed by atoms with Crippen LogP contribution in [0.1, 0.15) is 37.3 Å². The highest BCUT2D eigenvalue weighted by Gasteiger charge is 2.22. The molecule has 3 heteroatoms. The molecular weight excluding hydrogens is 255 g/mol. The van der Waals surface area contributed by atoms with Gasteiger partial charge in [0.2, 0.25) is 0 Å². The Kier molecular flexibility index (Phi) is 5.60. The molecule has 20 heavy (non-hydrogen) atoms. The number of hydrogen-bond acceptors (Lipinski definition) is 2. The van der Waals surface area contributed by atoms with Gasteiger partial charge in [-0.1, -0.05) is 18.2 Å². The van der Waals surface area contributed by atoms with E-state index >= 15 is 0 Å². The Morgan fingerprint density at radius 2 is 2.25 bits per heavy atom. The summed E-state index contributed by atoms with van der Waals surface area (Å²) < 4.78 is 24.4. The molecule has 0 heterocycles. The minimum absolute atomic E-state index is 0.0850. The van der Waals surface area contributed by atoms with Gasteiger partial charge in [-0.25, -0.2) is 4.39 Å². The second kappa shape index (κ2) is 7.44. The van der Waals surface area contributed by atoms with Crippen molar-refractivity contribution in [3.8, 4) is 5.75 Å². The van der Waals surface area contributed by atoms with Crippen molar-refractivity contribution < 1.29 is 13.9 Å². The minimum Gasteiger partial charge on any atom is -0.464 e. The van der Waals surface area contributed by atoms with E-state index in [4.69, 9.17) is 9.47 Å². The molecule has 0 bridgehead atoms. The first-order valence-corrected chi connectivity index (χ1v) is 7.29. The molecule has 0 spiro atoms. The number of rotatable bonds is 6. The minimum atomic E-state index is -0.202. The average Bonchev–Trinajstić information content (AvgIpc) is 2.47. The Balaban J connectivity index is 2.04. The number of hydrogen-bond donors (Lipinski definition) is 0. The summed E-state index contributed by atoms with van der Waals surface area (Å²) in [6.07, 6.45) is 9.46. The van der Waals surface area contributed by atoms with E-state index < -0.39 is 0 Å². The molecule has 0 saturated carbocycles. The SMILES string of the molecule is C/C=C/CCC1CCc2c(ccc(OCOC)c2F)C1. The maximum absolute atomic E-state index is 14.3. The largest absolute Gasteiger partial charge is 0.464 e. The Bertz CT molecular complexity index is 468. The van der Waals surface area contributed by atoms with Crippen LogP contribution in [-0.4, -0.2) is 13.9 Å². The molecule has 0 aliphatic heterocycles. The number of halogens is 1. The molecule has 2 nitrogen and oxygen atoms in total. The van der Waals surface area contributed by atoms with E-state index in [1.807, 2.05) is 13.0 Å². The quantitative estimate of drug-likeness (QED) is 0.571. The second-order valence-corrected chi connectivity index (χ2v) is 5.32. The van der Waals surface area contributed by atoms with Gasteiger partial charge in [-0.05, 0) is 62.1 Å². The third-order valence-corrected chi connectivity index (χ3v) is 3.93. The summed E-state index contributed by atoms with van der Waals surface area (Å²) >= 11 is 0. The van der Waals surface area contributed by atoms with Crippen molar-refractivity contribution in [3.05, 3.63) is 41.2 Å². The van der Waals surface area contributed by atoms with Gasteiger partial charge < -0.3 is 9.47 Å². The first-order chi connectivity index (χ1) is 9.76. The van der Waals surface area contributed by atoms with Gasteiger partial charge in [0.25, 0.3) is 0 Å². The monoisotopic (exact) mass is 278 g/mol. The van der Waals surface area contributed by atoms with Crippen LogP contribution in [0, 0.1) is 11.7 Å². The molecule has 1 atom stereocenters. The molecule has 110 valence electrons. The van der Waals surface area contributed by atoms with Crippen LogP contribution in [0.25, 0.3) is 0 Å². The zero-order chi connectivity index (χ0) is 14.4. The molecule has 0 amide bonds. The molecular formula is C17H23FO2. The smallest absolute Gasteiger partial charge is 0.188 e. The fourth-order valence-electron chi connectivity index (χ4n) is 2.84. The van der Waals surface area contributed by atoms with Crippen LogP contribution in [0.2, 0.25) is 0 Å². The number of methoxy groups -OCH3 is 1. The van der Waals surface area contributed by atoms with E-state index in [1.165, 1.54) is 13.5 Å². The van der Waals surface area contributed by atoms with Gasteiger partial charge in [0, 0.05) is 7.11 Å². The zero-order valence-corrected chi connectivity index (χ0v) is 12.3. The lowest BCUT2D eigenvalue weighted by molar-refractivity contribution is 0.0481. The maximum Gasteiger partial charge on any atom is 0.188 e. The van der Waals surface area contributed by atoms with E-state index in [0.29, 0.717) is 11.7 Å². The van der Waals surface area contributed by atoms with Gasteiger partial charge in [-0.3, -0.25) is 0 Å². The molecule has 1 aliphatic rings. The molecule has 0 radical (unpaired) electrons. The maximum atomic E-state index is 14.3. The molecule has 1 aliphatic carbocycles. The first-order valence-electron chi connectivity index (χ1n) is 7.29. The van der Waals surface area contributed by atoms with E-state index in [1.54, 1.807) is 6.07 Å². The van der Waals surface area contributed by atoms with E-state index in [2.05, 4.69) is 12.2 Å². The third kappa shape index (κ3) is 3.60. The summed E-state index contributed by atoms with van der Waals surface area (Å²) in [6.45, 7) is 2.13. The van der Waals surface area contributed by atoms with Gasteiger partial charge in [0.15, 0.2) is 18.4 Å². The summed E-state index contributed by atoms with van der Waals surface area (Å²) in [4.78, 5) is 0. The average molecular weight is 278 g/mol. The topological polar surface area (TPSA) is 18.5 Å². The highest BCUT2D eigenvalue weighted by atomic mass is 19.1. The Morgan fingerprint density at radius 1 is 1.40 bits per heavy atom. The van der Waals surface area contributed by atoms with Gasteiger partial charge in [-0.15, -0.1) is 0 Å². The Morgan fingerprint density at radius 3 is 3.00 bits per heavy atom. The number of allylic oxidation sites excluding steroid dienone is 2. The lowest BCUT2D eigenvalue weighted by Gasteiger charge is -2.25. The molecule has 0 aromatic heterocycles. The summed E-state index contributed by atoms with van der Waals surface area (Å²) in [6, 6.07) is 3.73. The molecule has 2 rings (SSSR count). The molecule has 1 aromatic rings. The van der Waals surface area contributed by atoms with Crippen molar-refractivity contribution in [1.29, 1.82) is 0 Å². The lowest BCUT2D eigenvalue weighted by Crippen LogP contribution is -2.16. The fraction of sp³-hybridized carbons (Fsp3) is 0.529. The zero-order valence-electron chi connectivity index (χ0n) is 12.3. The predicted molar refractivity (Wildman–Crippen MR) is 78.5 cm³/mol. The van der Waals surface area contributed by atoms with Crippen LogP contribution in [0.4, 0.5) is 4.39 Å². The standard InChI is InChI=1S/C17H23FO2/c1-3-4-5-6-13-7-9-15-14(11-13)8-10-16(17(15)18)20-12-19-2/h3-4,8,10,13H,5-7,9,11-12H2,1-2H3/b4-3+. The van der Waals surface area contributed by atoms with Crippen molar-refractivity contribution in [2.75, 3.05) is 13.9 Å². The van der Waals surface area contributed by atoms with Crippen molar-refractivity contribution in [2.24, 2.45) is 5.92 Å². The van der Waals surface area contributed by atoms with Crippen LogP contribution in [-0.2, 0) is 17.6 Å². The number of benzene rings is 1. The summed E-state index contributed by atoms with van der Waals surface area (Å²) in [5, 5.41) is 0. The lowest BCUT2D eigenvalue weighted by atomic mass is 9.81. The highest BCUT2D eigenvalue weighted by Crippen LogP contribution is 2.33. The third-order valence-electron chi connectivity index (χ3n) is 3.93. The molecule has 0 saturated heterocycles. The van der Waals surface area contributed by atoms with Gasteiger partial charge in [-0.2, -0.15) is 0 Å². The first kappa shape index (κ1) is 15.0. The predicted octanol–water partition coefficient (Wildman–Crippen LogP) is 4.27. The van der Waals surface area contributed by atoms with Crippen LogP contribution in [0.15, 0.2) is 24.3 Å². The summed E-state index contributed by atoms with van der Waals surface area (Å²) in [5.74, 6) is 0.772. The van der Waals surface area contributed by atoms with Crippen molar-refractivity contribution in [1.82, 2.24) is 0 Å². The Labute approximate surface area is 120 Å². The van der Waals surface area contributed by atoms with Crippen molar-refractivity contribution in [3.63, 3.8) is 0 Å². The van der Waals surface area contributed by atoms with Gasteiger partial charge in [0.1, 0.15) is 0 Å². The van der Waals surface area contributed by atoms with Crippen LogP contribution in [0.3, 0.4) is 0 Å². The number of ether oxygens (including phenoxy) is 2. The van der Waals surface area contributed by atoms with Crippen molar-refractivity contribution >= 4 is 0 Å². The summed E-state index contributed by atoms with van der Waals surface area (Å²) in [7, 11) is 1.53. The van der Waals surface area contributed by atoms with E-state index in [-0.39, 0.29) is 12.6 Å².